The zero-order valence-electron chi connectivity index (χ0n) is 20.2. The predicted octanol–water partition coefficient (Wildman–Crippen LogP) is 6.33. The summed E-state index contributed by atoms with van der Waals surface area (Å²) in [7, 11) is 0. The maximum Gasteiger partial charge on any atom is 0.336 e. The van der Waals surface area contributed by atoms with Crippen molar-refractivity contribution in [1.29, 1.82) is 0 Å². The first-order valence-electron chi connectivity index (χ1n) is 12.8. The number of carbonyl (C=O) groups is 1. The standard InChI is InChI=1S/C28H36N4O2/c1-2-3-9-18-32-27(30-26(31-32)17-15-21-10-5-4-6-11-21)19-22-14-16-25(29-20-22)23-12-7-8-13-24(23)28(33)34/h7-8,12-14,16,20-21H,2-6,9-11,15,17-19H2,1H3,(H,33,34). The number of rotatable bonds is 11. The highest BCUT2D eigenvalue weighted by molar-refractivity contribution is 5.95. The molecule has 2 aromatic heterocycles. The Hall–Kier alpha value is -3.02. The third kappa shape index (κ3) is 6.31. The quantitative estimate of drug-likeness (QED) is 0.338. The second kappa shape index (κ2) is 11.9. The molecule has 0 saturated heterocycles. The molecule has 0 radical (unpaired) electrons. The van der Waals surface area contributed by atoms with Crippen LogP contribution in [0.2, 0.25) is 0 Å². The number of pyridine rings is 1. The van der Waals surface area contributed by atoms with Gasteiger partial charge in [0.25, 0.3) is 0 Å². The highest BCUT2D eigenvalue weighted by atomic mass is 16.4. The average molecular weight is 461 g/mol. The fourth-order valence-corrected chi connectivity index (χ4v) is 4.93. The molecule has 1 aromatic carbocycles. The molecule has 0 unspecified atom stereocenters. The van der Waals surface area contributed by atoms with Crippen LogP contribution in [0.25, 0.3) is 11.3 Å². The van der Waals surface area contributed by atoms with E-state index in [-0.39, 0.29) is 5.56 Å². The van der Waals surface area contributed by atoms with Crippen molar-refractivity contribution in [2.24, 2.45) is 5.92 Å². The Morgan fingerprint density at radius 3 is 2.65 bits per heavy atom. The summed E-state index contributed by atoms with van der Waals surface area (Å²) in [5.74, 6) is 1.85. The predicted molar refractivity (Wildman–Crippen MR) is 134 cm³/mol. The van der Waals surface area contributed by atoms with E-state index in [1.54, 1.807) is 18.2 Å². The molecule has 0 aliphatic heterocycles. The molecule has 2 heterocycles. The van der Waals surface area contributed by atoms with Crippen molar-refractivity contribution in [2.75, 3.05) is 0 Å². The number of hydrogen-bond donors (Lipinski definition) is 1. The van der Waals surface area contributed by atoms with Gasteiger partial charge in [-0.2, -0.15) is 5.10 Å². The summed E-state index contributed by atoms with van der Waals surface area (Å²) in [6, 6.07) is 10.9. The van der Waals surface area contributed by atoms with E-state index in [4.69, 9.17) is 10.1 Å². The molecular formula is C28H36N4O2. The second-order valence-electron chi connectivity index (χ2n) is 9.50. The number of hydrogen-bond acceptors (Lipinski definition) is 4. The summed E-state index contributed by atoms with van der Waals surface area (Å²) in [6.07, 6.45) is 15.0. The van der Waals surface area contributed by atoms with Crippen molar-refractivity contribution in [2.45, 2.75) is 84.1 Å². The monoisotopic (exact) mass is 460 g/mol. The van der Waals surface area contributed by atoms with Crippen molar-refractivity contribution in [3.63, 3.8) is 0 Å². The van der Waals surface area contributed by atoms with Crippen LogP contribution in [-0.4, -0.2) is 30.8 Å². The summed E-state index contributed by atoms with van der Waals surface area (Å²) in [5, 5.41) is 14.4. The first kappa shape index (κ1) is 24.1. The van der Waals surface area contributed by atoms with Gasteiger partial charge in [-0.1, -0.05) is 76.1 Å². The van der Waals surface area contributed by atoms with Crippen LogP contribution < -0.4 is 0 Å². The van der Waals surface area contributed by atoms with E-state index in [1.807, 2.05) is 24.4 Å². The highest BCUT2D eigenvalue weighted by Crippen LogP contribution is 2.27. The fraction of sp³-hybridized carbons (Fsp3) is 0.500. The van der Waals surface area contributed by atoms with Crippen LogP contribution in [-0.2, 0) is 19.4 Å². The SMILES string of the molecule is CCCCCn1nc(CCC2CCCCC2)nc1Cc1ccc(-c2ccccc2C(=O)O)nc1. The number of carboxylic acid groups (broad SMARTS) is 1. The molecule has 3 aromatic rings. The Morgan fingerprint density at radius 1 is 1.09 bits per heavy atom. The summed E-state index contributed by atoms with van der Waals surface area (Å²) >= 11 is 0. The third-order valence-electron chi connectivity index (χ3n) is 6.89. The van der Waals surface area contributed by atoms with Crippen LogP contribution in [0.5, 0.6) is 0 Å². The number of benzene rings is 1. The normalized spacial score (nSPS) is 14.4. The summed E-state index contributed by atoms with van der Waals surface area (Å²) in [6.45, 7) is 3.12. The smallest absolute Gasteiger partial charge is 0.336 e. The van der Waals surface area contributed by atoms with Crippen LogP contribution in [0, 0.1) is 5.92 Å². The van der Waals surface area contributed by atoms with Gasteiger partial charge in [-0.25, -0.2) is 14.5 Å². The lowest BCUT2D eigenvalue weighted by molar-refractivity contribution is 0.0697. The molecule has 1 saturated carbocycles. The molecule has 1 fully saturated rings. The van der Waals surface area contributed by atoms with Gasteiger partial charge in [0.1, 0.15) is 5.82 Å². The maximum atomic E-state index is 11.6. The van der Waals surface area contributed by atoms with E-state index < -0.39 is 5.97 Å². The van der Waals surface area contributed by atoms with Gasteiger partial charge in [0.05, 0.1) is 11.3 Å². The van der Waals surface area contributed by atoms with E-state index in [0.717, 1.165) is 42.5 Å². The lowest BCUT2D eigenvalue weighted by Gasteiger charge is -2.20. The Labute approximate surface area is 202 Å². The van der Waals surface area contributed by atoms with Gasteiger partial charge in [-0.15, -0.1) is 0 Å². The van der Waals surface area contributed by atoms with Crippen molar-refractivity contribution in [1.82, 2.24) is 19.7 Å². The van der Waals surface area contributed by atoms with Crippen LogP contribution in [0.15, 0.2) is 42.6 Å². The zero-order chi connectivity index (χ0) is 23.8. The summed E-state index contributed by atoms with van der Waals surface area (Å²) < 4.78 is 2.10. The maximum absolute atomic E-state index is 11.6. The molecule has 0 atom stereocenters. The first-order valence-corrected chi connectivity index (χ1v) is 12.8. The number of unbranched alkanes of at least 4 members (excludes halogenated alkanes) is 2. The fourth-order valence-electron chi connectivity index (χ4n) is 4.93. The Balaban J connectivity index is 1.47. The van der Waals surface area contributed by atoms with Crippen LogP contribution in [0.3, 0.4) is 0 Å². The number of nitrogens with zero attached hydrogens (tertiary/aromatic N) is 4. The molecule has 0 bridgehead atoms. The average Bonchev–Trinajstić information content (AvgIpc) is 3.25. The highest BCUT2D eigenvalue weighted by Gasteiger charge is 2.17. The minimum absolute atomic E-state index is 0.265. The molecule has 1 aliphatic rings. The van der Waals surface area contributed by atoms with Gasteiger partial charge in [0.2, 0.25) is 0 Å². The van der Waals surface area contributed by atoms with Gasteiger partial charge >= 0.3 is 5.97 Å². The Morgan fingerprint density at radius 2 is 1.91 bits per heavy atom. The van der Waals surface area contributed by atoms with E-state index in [0.29, 0.717) is 17.7 Å². The molecule has 0 spiro atoms. The molecule has 0 amide bonds. The van der Waals surface area contributed by atoms with E-state index in [2.05, 4.69) is 16.6 Å². The van der Waals surface area contributed by atoms with E-state index >= 15 is 0 Å². The molecule has 4 rings (SSSR count). The Kier molecular flexibility index (Phi) is 8.45. The van der Waals surface area contributed by atoms with Crippen molar-refractivity contribution in [3.8, 4) is 11.3 Å². The first-order chi connectivity index (χ1) is 16.6. The molecule has 34 heavy (non-hydrogen) atoms. The van der Waals surface area contributed by atoms with Gasteiger partial charge in [0, 0.05) is 31.1 Å². The van der Waals surface area contributed by atoms with Crippen LogP contribution in [0.1, 0.15) is 92.3 Å². The molecule has 6 nitrogen and oxygen atoms in total. The van der Waals surface area contributed by atoms with E-state index in [9.17, 15) is 9.90 Å². The lowest BCUT2D eigenvalue weighted by atomic mass is 9.86. The third-order valence-corrected chi connectivity index (χ3v) is 6.89. The van der Waals surface area contributed by atoms with Crippen molar-refractivity contribution in [3.05, 3.63) is 65.4 Å². The number of aromatic carboxylic acids is 1. The van der Waals surface area contributed by atoms with Gasteiger partial charge in [-0.05, 0) is 36.5 Å². The minimum Gasteiger partial charge on any atom is -0.478 e. The van der Waals surface area contributed by atoms with Crippen LogP contribution >= 0.6 is 0 Å². The Bertz CT molecular complexity index is 1070. The topological polar surface area (TPSA) is 80.9 Å². The lowest BCUT2D eigenvalue weighted by Crippen LogP contribution is -2.08. The van der Waals surface area contributed by atoms with Crippen molar-refractivity contribution < 1.29 is 9.90 Å². The van der Waals surface area contributed by atoms with E-state index in [1.165, 1.54) is 51.4 Å². The summed E-state index contributed by atoms with van der Waals surface area (Å²) in [4.78, 5) is 21.1. The van der Waals surface area contributed by atoms with Crippen molar-refractivity contribution >= 4 is 5.97 Å². The number of carboxylic acids is 1. The van der Waals surface area contributed by atoms with Gasteiger partial charge in [0.15, 0.2) is 5.82 Å². The molecule has 1 aliphatic carbocycles. The van der Waals surface area contributed by atoms with Gasteiger partial charge in [-0.3, -0.25) is 4.98 Å². The second-order valence-corrected chi connectivity index (χ2v) is 9.50. The van der Waals surface area contributed by atoms with Gasteiger partial charge < -0.3 is 5.11 Å². The summed E-state index contributed by atoms with van der Waals surface area (Å²) in [5.41, 5.74) is 2.62. The molecule has 1 N–H and O–H groups in total. The zero-order valence-corrected chi connectivity index (χ0v) is 20.2. The van der Waals surface area contributed by atoms with Crippen LogP contribution in [0.4, 0.5) is 0 Å². The number of aromatic nitrogens is 4. The molecular weight excluding hydrogens is 424 g/mol. The molecule has 6 heteroatoms. The largest absolute Gasteiger partial charge is 0.478 e. The minimum atomic E-state index is -0.942. The number of aryl methyl sites for hydroxylation is 2. The molecule has 180 valence electrons.